The maximum absolute atomic E-state index is 13.2. The molecule has 8 heteroatoms. The molecule has 0 aliphatic rings. The van der Waals surface area contributed by atoms with Crippen molar-refractivity contribution in [3.8, 4) is 0 Å². The molecule has 8 nitrogen and oxygen atoms in total. The van der Waals surface area contributed by atoms with Crippen molar-refractivity contribution in [1.82, 2.24) is 14.5 Å². The number of nitrogens with two attached hydrogens (primary N) is 1. The van der Waals surface area contributed by atoms with Gasteiger partial charge in [0.05, 0.1) is 30.6 Å². The number of hydrogen-bond acceptors (Lipinski definition) is 6. The summed E-state index contributed by atoms with van der Waals surface area (Å²) in [5.74, 6) is 0.595. The summed E-state index contributed by atoms with van der Waals surface area (Å²) in [5, 5.41) is 0. The molecule has 0 radical (unpaired) electrons. The highest BCUT2D eigenvalue weighted by atomic mass is 16.5. The van der Waals surface area contributed by atoms with Crippen molar-refractivity contribution in [2.24, 2.45) is 12.8 Å². The lowest BCUT2D eigenvalue weighted by Crippen LogP contribution is -2.34. The highest BCUT2D eigenvalue weighted by Crippen LogP contribution is 2.20. The van der Waals surface area contributed by atoms with Crippen molar-refractivity contribution in [3.63, 3.8) is 0 Å². The van der Waals surface area contributed by atoms with Gasteiger partial charge < -0.3 is 15.0 Å². The molecular weight excluding hydrogens is 358 g/mol. The van der Waals surface area contributed by atoms with Gasteiger partial charge in [-0.2, -0.15) is 0 Å². The fourth-order valence-electron chi connectivity index (χ4n) is 2.99. The molecule has 0 unspecified atom stereocenters. The number of pyridine rings is 1. The van der Waals surface area contributed by atoms with Crippen molar-refractivity contribution < 1.29 is 14.3 Å². The van der Waals surface area contributed by atoms with Gasteiger partial charge in [-0.05, 0) is 37.3 Å². The van der Waals surface area contributed by atoms with Gasteiger partial charge in [-0.1, -0.05) is 6.07 Å². The minimum atomic E-state index is -0.357. The van der Waals surface area contributed by atoms with Crippen molar-refractivity contribution in [2.75, 3.05) is 18.1 Å². The normalized spacial score (nSPS) is 10.8. The van der Waals surface area contributed by atoms with Crippen LogP contribution >= 0.6 is 0 Å². The van der Waals surface area contributed by atoms with Gasteiger partial charge in [-0.15, -0.1) is 0 Å². The van der Waals surface area contributed by atoms with E-state index >= 15 is 0 Å². The SMILES string of the molecule is CCOC(=O)CCN(C(=O)c1ccc2c(c1)nc(CN)n2C)c1ccccn1. The Morgan fingerprint density at radius 2 is 2.07 bits per heavy atom. The monoisotopic (exact) mass is 381 g/mol. The van der Waals surface area contributed by atoms with Gasteiger partial charge >= 0.3 is 5.97 Å². The Balaban J connectivity index is 1.91. The minimum Gasteiger partial charge on any atom is -0.466 e. The van der Waals surface area contributed by atoms with E-state index in [4.69, 9.17) is 10.5 Å². The second kappa shape index (κ2) is 8.62. The Kier molecular flexibility index (Phi) is 6.00. The number of ether oxygens (including phenoxy) is 1. The van der Waals surface area contributed by atoms with Crippen LogP contribution in [0.25, 0.3) is 11.0 Å². The molecule has 0 aliphatic heterocycles. The zero-order valence-corrected chi connectivity index (χ0v) is 16.0. The average Bonchev–Trinajstić information content (AvgIpc) is 3.04. The number of anilines is 1. The van der Waals surface area contributed by atoms with Gasteiger partial charge in [-0.25, -0.2) is 9.97 Å². The van der Waals surface area contributed by atoms with E-state index in [0.29, 0.717) is 30.0 Å². The van der Waals surface area contributed by atoms with Crippen LogP contribution in [0.5, 0.6) is 0 Å². The Hall–Kier alpha value is -3.26. The first-order chi connectivity index (χ1) is 13.5. The van der Waals surface area contributed by atoms with Gasteiger partial charge in [0, 0.05) is 25.4 Å². The number of carbonyl (C=O) groups is 2. The Morgan fingerprint density at radius 3 is 2.75 bits per heavy atom. The van der Waals surface area contributed by atoms with E-state index in [2.05, 4.69) is 9.97 Å². The molecule has 3 aromatic rings. The second-order valence-electron chi connectivity index (χ2n) is 6.19. The lowest BCUT2D eigenvalue weighted by molar-refractivity contribution is -0.142. The highest BCUT2D eigenvalue weighted by Gasteiger charge is 2.21. The van der Waals surface area contributed by atoms with E-state index < -0.39 is 0 Å². The van der Waals surface area contributed by atoms with Crippen LogP contribution in [0, 0.1) is 0 Å². The number of rotatable bonds is 7. The number of aryl methyl sites for hydroxylation is 1. The van der Waals surface area contributed by atoms with E-state index in [1.165, 1.54) is 4.90 Å². The number of aromatic nitrogens is 3. The van der Waals surface area contributed by atoms with E-state index in [-0.39, 0.29) is 24.8 Å². The van der Waals surface area contributed by atoms with Gasteiger partial charge in [0.25, 0.3) is 5.91 Å². The molecule has 0 spiro atoms. The van der Waals surface area contributed by atoms with Gasteiger partial charge in [0.15, 0.2) is 0 Å². The first-order valence-corrected chi connectivity index (χ1v) is 9.09. The van der Waals surface area contributed by atoms with Crippen molar-refractivity contribution in [2.45, 2.75) is 19.9 Å². The maximum atomic E-state index is 13.2. The first kappa shape index (κ1) is 19.5. The number of amides is 1. The Morgan fingerprint density at radius 1 is 1.25 bits per heavy atom. The predicted molar refractivity (Wildman–Crippen MR) is 106 cm³/mol. The third-order valence-electron chi connectivity index (χ3n) is 4.42. The Labute approximate surface area is 162 Å². The summed E-state index contributed by atoms with van der Waals surface area (Å²) in [6, 6.07) is 10.6. The molecule has 1 aromatic carbocycles. The topological polar surface area (TPSA) is 103 Å². The van der Waals surface area contributed by atoms with Crippen LogP contribution in [-0.4, -0.2) is 39.6 Å². The standard InChI is InChI=1S/C20H23N5O3/c1-3-28-19(26)9-11-25(17-6-4-5-10-22-17)20(27)14-7-8-16-15(12-14)23-18(13-21)24(16)2/h4-8,10,12H,3,9,11,13,21H2,1-2H3. The highest BCUT2D eigenvalue weighted by molar-refractivity contribution is 6.07. The van der Waals surface area contributed by atoms with Crippen LogP contribution in [0.4, 0.5) is 5.82 Å². The summed E-state index contributed by atoms with van der Waals surface area (Å²) in [4.78, 5) is 35.2. The van der Waals surface area contributed by atoms with Crippen LogP contribution in [0.1, 0.15) is 29.5 Å². The van der Waals surface area contributed by atoms with Crippen molar-refractivity contribution >= 4 is 28.7 Å². The number of esters is 1. The van der Waals surface area contributed by atoms with E-state index in [0.717, 1.165) is 11.3 Å². The lowest BCUT2D eigenvalue weighted by Gasteiger charge is -2.21. The van der Waals surface area contributed by atoms with Crippen LogP contribution in [0.3, 0.4) is 0 Å². The predicted octanol–water partition coefficient (Wildman–Crippen LogP) is 2.03. The minimum absolute atomic E-state index is 0.0826. The molecule has 3 rings (SSSR count). The quantitative estimate of drug-likeness (QED) is 0.628. The molecule has 1 amide bonds. The number of carbonyl (C=O) groups excluding carboxylic acids is 2. The smallest absolute Gasteiger partial charge is 0.307 e. The summed E-state index contributed by atoms with van der Waals surface area (Å²) >= 11 is 0. The fourth-order valence-corrected chi connectivity index (χ4v) is 2.99. The molecule has 0 fully saturated rings. The van der Waals surface area contributed by atoms with E-state index in [1.807, 2.05) is 17.7 Å². The molecule has 2 N–H and O–H groups in total. The van der Waals surface area contributed by atoms with E-state index in [1.54, 1.807) is 43.5 Å². The fraction of sp³-hybridized carbons (Fsp3) is 0.300. The maximum Gasteiger partial charge on any atom is 0.307 e. The number of hydrogen-bond donors (Lipinski definition) is 1. The number of fused-ring (bicyclic) bond motifs is 1. The van der Waals surface area contributed by atoms with Crippen molar-refractivity contribution in [1.29, 1.82) is 0 Å². The second-order valence-corrected chi connectivity index (χ2v) is 6.19. The van der Waals surface area contributed by atoms with Crippen LogP contribution in [0.2, 0.25) is 0 Å². The Bertz CT molecular complexity index is 984. The van der Waals surface area contributed by atoms with Crippen molar-refractivity contribution in [3.05, 3.63) is 54.0 Å². The summed E-state index contributed by atoms with van der Waals surface area (Å²) < 4.78 is 6.88. The molecule has 28 heavy (non-hydrogen) atoms. The van der Waals surface area contributed by atoms with Crippen LogP contribution in [0.15, 0.2) is 42.6 Å². The molecule has 0 atom stereocenters. The molecule has 2 aromatic heterocycles. The molecule has 146 valence electrons. The van der Waals surface area contributed by atoms with Gasteiger partial charge in [0.1, 0.15) is 11.6 Å². The zero-order chi connectivity index (χ0) is 20.1. The lowest BCUT2D eigenvalue weighted by atomic mass is 10.1. The van der Waals surface area contributed by atoms with Gasteiger partial charge in [-0.3, -0.25) is 14.5 Å². The summed E-state index contributed by atoms with van der Waals surface area (Å²) in [6.07, 6.45) is 1.69. The molecule has 0 bridgehead atoms. The number of nitrogens with zero attached hydrogens (tertiary/aromatic N) is 4. The molecular formula is C20H23N5O3. The van der Waals surface area contributed by atoms with Gasteiger partial charge in [0.2, 0.25) is 0 Å². The van der Waals surface area contributed by atoms with E-state index in [9.17, 15) is 9.59 Å². The third-order valence-corrected chi connectivity index (χ3v) is 4.42. The summed E-state index contributed by atoms with van der Waals surface area (Å²) in [7, 11) is 1.89. The first-order valence-electron chi connectivity index (χ1n) is 9.09. The number of imidazole rings is 1. The molecule has 0 saturated heterocycles. The number of benzene rings is 1. The molecule has 0 aliphatic carbocycles. The van der Waals surface area contributed by atoms with Crippen LogP contribution < -0.4 is 10.6 Å². The zero-order valence-electron chi connectivity index (χ0n) is 16.0. The molecule has 2 heterocycles. The summed E-state index contributed by atoms with van der Waals surface area (Å²) in [5.41, 5.74) is 7.77. The van der Waals surface area contributed by atoms with Crippen LogP contribution in [-0.2, 0) is 23.1 Å². The largest absolute Gasteiger partial charge is 0.466 e. The average molecular weight is 381 g/mol. The third kappa shape index (κ3) is 4.01. The summed E-state index contributed by atoms with van der Waals surface area (Å²) in [6.45, 7) is 2.53. The molecule has 0 saturated carbocycles.